The summed E-state index contributed by atoms with van der Waals surface area (Å²) in [4.78, 5) is 36.8. The Kier molecular flexibility index (Phi) is 33.3. The molecular formula is C42H82NO7+. The number of ether oxygens (including phenoxy) is 3. The molecule has 0 fully saturated rings. The second-order valence-corrected chi connectivity index (χ2v) is 15.6. The zero-order valence-electron chi connectivity index (χ0n) is 33.6. The fraction of sp³-hybridized carbons (Fsp3) is 0.929. The number of carboxylic acid groups (broad SMARTS) is 1. The van der Waals surface area contributed by atoms with Crippen LogP contribution in [0.1, 0.15) is 200 Å². The van der Waals surface area contributed by atoms with E-state index in [1.165, 1.54) is 128 Å². The first-order valence-corrected chi connectivity index (χ1v) is 21.1. The van der Waals surface area contributed by atoms with Crippen LogP contribution in [0.15, 0.2) is 0 Å². The van der Waals surface area contributed by atoms with Crippen molar-refractivity contribution in [1.82, 2.24) is 0 Å². The number of hydrogen-bond acceptors (Lipinski definition) is 6. The summed E-state index contributed by atoms with van der Waals surface area (Å²) >= 11 is 0. The van der Waals surface area contributed by atoms with Gasteiger partial charge in [-0.05, 0) is 12.8 Å². The maximum Gasteiger partial charge on any atom is 0.362 e. The highest BCUT2D eigenvalue weighted by Gasteiger charge is 2.31. The summed E-state index contributed by atoms with van der Waals surface area (Å²) in [5, 5.41) is 9.59. The van der Waals surface area contributed by atoms with Crippen LogP contribution in [0.3, 0.4) is 0 Å². The van der Waals surface area contributed by atoms with Gasteiger partial charge in [-0.15, -0.1) is 0 Å². The third-order valence-electron chi connectivity index (χ3n) is 9.76. The van der Waals surface area contributed by atoms with Crippen LogP contribution < -0.4 is 0 Å². The first kappa shape index (κ1) is 48.3. The minimum atomic E-state index is -0.871. The number of quaternary nitrogens is 1. The highest BCUT2D eigenvalue weighted by atomic mass is 16.6. The van der Waals surface area contributed by atoms with Crippen molar-refractivity contribution >= 4 is 17.9 Å². The molecule has 0 saturated heterocycles. The van der Waals surface area contributed by atoms with Gasteiger partial charge in [-0.3, -0.25) is 9.59 Å². The first-order valence-electron chi connectivity index (χ1n) is 21.1. The van der Waals surface area contributed by atoms with Gasteiger partial charge in [0.15, 0.2) is 12.1 Å². The van der Waals surface area contributed by atoms with Crippen molar-refractivity contribution in [2.24, 2.45) is 0 Å². The molecule has 0 saturated carbocycles. The Morgan fingerprint density at radius 2 is 0.880 bits per heavy atom. The van der Waals surface area contributed by atoms with Gasteiger partial charge in [0.2, 0.25) is 0 Å². The van der Waals surface area contributed by atoms with Crippen molar-refractivity contribution in [3.8, 4) is 0 Å². The number of aliphatic carboxylic acids is 1. The number of carbonyl (C=O) groups is 3. The van der Waals surface area contributed by atoms with E-state index in [-0.39, 0.29) is 36.2 Å². The third kappa shape index (κ3) is 32.3. The van der Waals surface area contributed by atoms with E-state index in [9.17, 15) is 19.5 Å². The summed E-state index contributed by atoms with van der Waals surface area (Å²) in [5.74, 6) is -1.45. The van der Waals surface area contributed by atoms with Gasteiger partial charge in [-0.1, -0.05) is 168 Å². The Morgan fingerprint density at radius 1 is 0.520 bits per heavy atom. The van der Waals surface area contributed by atoms with Crippen LogP contribution >= 0.6 is 0 Å². The number of carbonyl (C=O) groups excluding carboxylic acids is 2. The Bertz CT molecular complexity index is 797. The molecule has 0 spiro atoms. The van der Waals surface area contributed by atoms with Gasteiger partial charge in [0.05, 0.1) is 34.4 Å². The summed E-state index contributed by atoms with van der Waals surface area (Å²) in [6.45, 7) is 4.75. The fourth-order valence-electron chi connectivity index (χ4n) is 6.45. The lowest BCUT2D eigenvalue weighted by molar-refractivity contribution is -0.887. The lowest BCUT2D eigenvalue weighted by Crippen LogP contribution is -2.50. The van der Waals surface area contributed by atoms with E-state index in [4.69, 9.17) is 14.2 Å². The lowest BCUT2D eigenvalue weighted by atomic mass is 10.0. The topological polar surface area (TPSA) is 99.1 Å². The van der Waals surface area contributed by atoms with Crippen LogP contribution in [-0.2, 0) is 28.6 Å². The van der Waals surface area contributed by atoms with Crippen LogP contribution in [-0.4, -0.2) is 80.6 Å². The monoisotopic (exact) mass is 713 g/mol. The maximum atomic E-state index is 12.7. The molecule has 296 valence electrons. The Labute approximate surface area is 308 Å². The highest BCUT2D eigenvalue weighted by Crippen LogP contribution is 2.15. The maximum absolute atomic E-state index is 12.7. The molecule has 8 heteroatoms. The van der Waals surface area contributed by atoms with E-state index in [1.807, 2.05) is 21.1 Å². The lowest BCUT2D eigenvalue weighted by Gasteiger charge is -2.31. The molecular weight excluding hydrogens is 630 g/mol. The molecule has 0 aromatic heterocycles. The van der Waals surface area contributed by atoms with Crippen LogP contribution in [0.25, 0.3) is 0 Å². The Morgan fingerprint density at radius 3 is 1.24 bits per heavy atom. The van der Waals surface area contributed by atoms with Gasteiger partial charge in [-0.25, -0.2) is 4.79 Å². The standard InChI is InChI=1S/C42H81NO7/c1-6-8-10-12-14-16-18-19-20-21-23-25-27-29-31-33-41(45)50-38(36-48-35-34-39(42(46)47)43(3,4)5)37-49-40(44)32-30-28-26-24-22-17-15-13-11-9-7-2/h38-39H,6-37H2,1-5H3/p+1. The SMILES string of the molecule is CCCCCCCCCCCCCCCCCC(=O)OC(COCCC(C(=O)O)[N+](C)(C)C)COC(=O)CCCCCCCCCCCCC. The zero-order valence-corrected chi connectivity index (χ0v) is 33.6. The van der Waals surface area contributed by atoms with Gasteiger partial charge in [0.1, 0.15) is 6.61 Å². The fourth-order valence-corrected chi connectivity index (χ4v) is 6.45. The number of nitrogens with zero attached hydrogens (tertiary/aromatic N) is 1. The molecule has 2 unspecified atom stereocenters. The molecule has 0 rings (SSSR count). The molecule has 0 amide bonds. The van der Waals surface area contributed by atoms with Crippen LogP contribution in [0.4, 0.5) is 0 Å². The van der Waals surface area contributed by atoms with E-state index < -0.39 is 18.1 Å². The van der Waals surface area contributed by atoms with Gasteiger partial charge < -0.3 is 23.8 Å². The number of unbranched alkanes of at least 4 members (excludes halogenated alkanes) is 24. The van der Waals surface area contributed by atoms with Gasteiger partial charge >= 0.3 is 17.9 Å². The summed E-state index contributed by atoms with van der Waals surface area (Å²) < 4.78 is 17.2. The molecule has 0 bridgehead atoms. The van der Waals surface area contributed by atoms with Gasteiger partial charge in [-0.2, -0.15) is 0 Å². The molecule has 0 aromatic carbocycles. The van der Waals surface area contributed by atoms with Crippen molar-refractivity contribution in [3.05, 3.63) is 0 Å². The quantitative estimate of drug-likeness (QED) is 0.0386. The van der Waals surface area contributed by atoms with Crippen LogP contribution in [0.5, 0.6) is 0 Å². The molecule has 0 aromatic rings. The zero-order chi connectivity index (χ0) is 37.1. The molecule has 0 heterocycles. The number of esters is 2. The summed E-state index contributed by atoms with van der Waals surface area (Å²) in [6.07, 6.45) is 32.8. The van der Waals surface area contributed by atoms with E-state index in [1.54, 1.807) is 0 Å². The van der Waals surface area contributed by atoms with E-state index >= 15 is 0 Å². The molecule has 0 radical (unpaired) electrons. The summed E-state index contributed by atoms with van der Waals surface area (Å²) in [6, 6.07) is -0.607. The second kappa shape index (κ2) is 34.4. The van der Waals surface area contributed by atoms with Crippen molar-refractivity contribution < 1.29 is 38.2 Å². The van der Waals surface area contributed by atoms with Crippen molar-refractivity contribution in [3.63, 3.8) is 0 Å². The average Bonchev–Trinajstić information content (AvgIpc) is 3.06. The number of hydrogen-bond donors (Lipinski definition) is 1. The van der Waals surface area contributed by atoms with Crippen molar-refractivity contribution in [2.45, 2.75) is 212 Å². The summed E-state index contributed by atoms with van der Waals surface area (Å²) in [7, 11) is 5.53. The van der Waals surface area contributed by atoms with E-state index in [2.05, 4.69) is 13.8 Å². The second-order valence-electron chi connectivity index (χ2n) is 15.6. The predicted octanol–water partition coefficient (Wildman–Crippen LogP) is 11.0. The van der Waals surface area contributed by atoms with Gasteiger partial charge in [0.25, 0.3) is 0 Å². The first-order chi connectivity index (χ1) is 24.1. The number of carboxylic acids is 1. The Hall–Kier alpha value is -1.67. The molecule has 0 aliphatic rings. The number of rotatable bonds is 38. The van der Waals surface area contributed by atoms with E-state index in [0.29, 0.717) is 19.3 Å². The van der Waals surface area contributed by atoms with Crippen molar-refractivity contribution in [2.75, 3.05) is 41.0 Å². The van der Waals surface area contributed by atoms with Crippen LogP contribution in [0, 0.1) is 0 Å². The molecule has 0 aliphatic carbocycles. The minimum absolute atomic E-state index is 0.0425. The van der Waals surface area contributed by atoms with Crippen LogP contribution in [0.2, 0.25) is 0 Å². The predicted molar refractivity (Wildman–Crippen MR) is 206 cm³/mol. The Balaban J connectivity index is 4.33. The normalized spacial score (nSPS) is 12.9. The molecule has 1 N–H and O–H groups in total. The largest absolute Gasteiger partial charge is 0.477 e. The van der Waals surface area contributed by atoms with Gasteiger partial charge in [0, 0.05) is 19.3 Å². The molecule has 2 atom stereocenters. The summed E-state index contributed by atoms with van der Waals surface area (Å²) in [5.41, 5.74) is 0. The molecule has 0 aliphatic heterocycles. The molecule has 50 heavy (non-hydrogen) atoms. The third-order valence-corrected chi connectivity index (χ3v) is 9.76. The number of likely N-dealkylation sites (N-methyl/N-ethyl adjacent to an activating group) is 1. The highest BCUT2D eigenvalue weighted by molar-refractivity contribution is 5.72. The average molecular weight is 713 g/mol. The smallest absolute Gasteiger partial charge is 0.362 e. The van der Waals surface area contributed by atoms with Crippen molar-refractivity contribution in [1.29, 1.82) is 0 Å². The minimum Gasteiger partial charge on any atom is -0.477 e. The van der Waals surface area contributed by atoms with E-state index in [0.717, 1.165) is 38.5 Å². The molecule has 8 nitrogen and oxygen atoms in total.